The molecule has 2 aromatic heterocycles. The lowest BCUT2D eigenvalue weighted by Gasteiger charge is -2.22. The van der Waals surface area contributed by atoms with E-state index in [0.29, 0.717) is 12.3 Å². The molecule has 0 bridgehead atoms. The Morgan fingerprint density at radius 2 is 1.87 bits per heavy atom. The van der Waals surface area contributed by atoms with Gasteiger partial charge in [-0.15, -0.1) is 21.5 Å². The molecule has 30 heavy (non-hydrogen) atoms. The number of rotatable bonds is 8. The molecule has 2 aromatic carbocycles. The zero-order valence-electron chi connectivity index (χ0n) is 16.6. The van der Waals surface area contributed by atoms with Crippen LogP contribution in [0.1, 0.15) is 23.5 Å². The topological polar surface area (TPSA) is 71.0 Å². The number of thioether (sulfide) groups is 1. The van der Waals surface area contributed by atoms with Crippen molar-refractivity contribution in [3.63, 3.8) is 0 Å². The number of benzene rings is 2. The van der Waals surface area contributed by atoms with Crippen LogP contribution in [-0.2, 0) is 11.3 Å². The van der Waals surface area contributed by atoms with Crippen LogP contribution in [-0.4, -0.2) is 38.8 Å². The first-order valence-electron chi connectivity index (χ1n) is 9.45. The maximum absolute atomic E-state index is 12.7. The summed E-state index contributed by atoms with van der Waals surface area (Å²) < 4.78 is 1.92. The highest BCUT2D eigenvalue weighted by Crippen LogP contribution is 2.30. The van der Waals surface area contributed by atoms with Crippen molar-refractivity contribution < 1.29 is 4.79 Å². The van der Waals surface area contributed by atoms with Gasteiger partial charge in [-0.3, -0.25) is 4.79 Å². The van der Waals surface area contributed by atoms with Crippen molar-refractivity contribution in [3.05, 3.63) is 65.2 Å². The second-order valence-corrected chi connectivity index (χ2v) is 9.96. The number of hydrogen-bond acceptors (Lipinski definition) is 8. The summed E-state index contributed by atoms with van der Waals surface area (Å²) in [5, 5.41) is 13.3. The van der Waals surface area contributed by atoms with E-state index in [4.69, 9.17) is 0 Å². The Morgan fingerprint density at radius 3 is 2.67 bits per heavy atom. The van der Waals surface area contributed by atoms with Crippen LogP contribution in [0.25, 0.3) is 10.2 Å². The number of carbonyl (C=O) groups is 1. The first-order valence-corrected chi connectivity index (χ1v) is 12.1. The number of nitrogens with zero attached hydrogens (tertiary/aromatic N) is 4. The SMILES string of the molecule is CC(c1nc2ccccc2s1)N(C)C(=O)CSc1nnc(NCc2ccccc2)s1. The molecule has 4 rings (SSSR count). The van der Waals surface area contributed by atoms with Crippen LogP contribution >= 0.6 is 34.4 Å². The van der Waals surface area contributed by atoms with Crippen LogP contribution in [0.5, 0.6) is 0 Å². The lowest BCUT2D eigenvalue weighted by molar-refractivity contribution is -0.128. The van der Waals surface area contributed by atoms with E-state index in [1.54, 1.807) is 16.2 Å². The molecule has 9 heteroatoms. The summed E-state index contributed by atoms with van der Waals surface area (Å²) in [5.74, 6) is 0.361. The largest absolute Gasteiger partial charge is 0.356 e. The van der Waals surface area contributed by atoms with Crippen LogP contribution in [0, 0.1) is 0 Å². The minimum atomic E-state index is -0.0759. The average Bonchev–Trinajstić information content (AvgIpc) is 3.42. The third kappa shape index (κ3) is 4.97. The van der Waals surface area contributed by atoms with E-state index < -0.39 is 0 Å². The number of para-hydroxylation sites is 1. The van der Waals surface area contributed by atoms with Crippen LogP contribution in [0.3, 0.4) is 0 Å². The lowest BCUT2D eigenvalue weighted by Crippen LogP contribution is -2.31. The highest BCUT2D eigenvalue weighted by Gasteiger charge is 2.21. The number of amides is 1. The standard InChI is InChI=1S/C21H21N5OS3/c1-14(19-23-16-10-6-7-11-17(16)29-19)26(2)18(27)13-28-21-25-24-20(30-21)22-12-15-8-4-3-5-9-15/h3-11,14H,12-13H2,1-2H3,(H,22,24). The fraction of sp³-hybridized carbons (Fsp3) is 0.238. The zero-order chi connectivity index (χ0) is 20.9. The van der Waals surface area contributed by atoms with E-state index in [2.05, 4.69) is 38.7 Å². The molecular weight excluding hydrogens is 434 g/mol. The third-order valence-corrected chi connectivity index (χ3v) is 7.86. The van der Waals surface area contributed by atoms with Gasteiger partial charge in [0.15, 0.2) is 4.34 Å². The van der Waals surface area contributed by atoms with Gasteiger partial charge in [0.1, 0.15) is 5.01 Å². The monoisotopic (exact) mass is 455 g/mol. The lowest BCUT2D eigenvalue weighted by atomic mass is 10.2. The predicted octanol–water partition coefficient (Wildman–Crippen LogP) is 5.07. The summed E-state index contributed by atoms with van der Waals surface area (Å²) in [6.07, 6.45) is 0. The summed E-state index contributed by atoms with van der Waals surface area (Å²) in [5.41, 5.74) is 2.16. The minimum absolute atomic E-state index is 0.0424. The van der Waals surface area contributed by atoms with Gasteiger partial charge in [0, 0.05) is 13.6 Å². The molecule has 1 unspecified atom stereocenters. The van der Waals surface area contributed by atoms with Gasteiger partial charge in [-0.25, -0.2) is 4.98 Å². The van der Waals surface area contributed by atoms with Crippen molar-refractivity contribution in [2.75, 3.05) is 18.1 Å². The first-order chi connectivity index (χ1) is 14.6. The quantitative estimate of drug-likeness (QED) is 0.374. The fourth-order valence-corrected chi connectivity index (χ4v) is 5.52. The van der Waals surface area contributed by atoms with Gasteiger partial charge in [-0.05, 0) is 24.6 Å². The van der Waals surface area contributed by atoms with Gasteiger partial charge in [-0.1, -0.05) is 65.6 Å². The van der Waals surface area contributed by atoms with Crippen molar-refractivity contribution in [2.24, 2.45) is 0 Å². The molecule has 0 aliphatic rings. The molecule has 0 fully saturated rings. The number of nitrogens with one attached hydrogen (secondary N) is 1. The van der Waals surface area contributed by atoms with Gasteiger partial charge in [0.2, 0.25) is 11.0 Å². The van der Waals surface area contributed by atoms with Gasteiger partial charge < -0.3 is 10.2 Å². The molecule has 0 aliphatic heterocycles. The molecule has 1 atom stereocenters. The van der Waals surface area contributed by atoms with Crippen molar-refractivity contribution in [3.8, 4) is 0 Å². The Morgan fingerprint density at radius 1 is 1.10 bits per heavy atom. The Bertz CT molecular complexity index is 1090. The number of fused-ring (bicyclic) bond motifs is 1. The molecule has 0 aliphatic carbocycles. The van der Waals surface area contributed by atoms with Gasteiger partial charge in [-0.2, -0.15) is 0 Å². The molecule has 1 amide bonds. The summed E-state index contributed by atoms with van der Waals surface area (Å²) in [7, 11) is 1.83. The van der Waals surface area contributed by atoms with E-state index in [0.717, 1.165) is 24.7 Å². The third-order valence-electron chi connectivity index (χ3n) is 4.65. The van der Waals surface area contributed by atoms with Crippen molar-refractivity contribution in [1.82, 2.24) is 20.1 Å². The number of anilines is 1. The molecular formula is C21H21N5OS3. The van der Waals surface area contributed by atoms with Crippen molar-refractivity contribution >= 4 is 55.7 Å². The van der Waals surface area contributed by atoms with E-state index >= 15 is 0 Å². The van der Waals surface area contributed by atoms with Gasteiger partial charge >= 0.3 is 0 Å². The van der Waals surface area contributed by atoms with Gasteiger partial charge in [0.25, 0.3) is 0 Å². The van der Waals surface area contributed by atoms with Crippen LogP contribution in [0.2, 0.25) is 0 Å². The minimum Gasteiger partial charge on any atom is -0.356 e. The van der Waals surface area contributed by atoms with E-state index in [1.165, 1.54) is 28.7 Å². The molecule has 6 nitrogen and oxygen atoms in total. The molecule has 154 valence electrons. The Hall–Kier alpha value is -2.49. The summed E-state index contributed by atoms with van der Waals surface area (Å²) in [6.45, 7) is 2.71. The molecule has 0 saturated carbocycles. The first kappa shape index (κ1) is 20.8. The smallest absolute Gasteiger partial charge is 0.233 e. The van der Waals surface area contributed by atoms with E-state index in [1.807, 2.05) is 50.4 Å². The molecule has 0 saturated heterocycles. The fourth-order valence-electron chi connectivity index (χ4n) is 2.79. The Labute approximate surface area is 187 Å². The summed E-state index contributed by atoms with van der Waals surface area (Å²) in [4.78, 5) is 19.1. The van der Waals surface area contributed by atoms with Crippen LogP contribution in [0.4, 0.5) is 5.13 Å². The summed E-state index contributed by atoms with van der Waals surface area (Å²) >= 11 is 4.51. The Kier molecular flexibility index (Phi) is 6.61. The molecule has 4 aromatic rings. The molecule has 2 heterocycles. The number of aromatic nitrogens is 3. The van der Waals surface area contributed by atoms with Crippen LogP contribution in [0.15, 0.2) is 58.9 Å². The van der Waals surface area contributed by atoms with E-state index in [-0.39, 0.29) is 11.9 Å². The maximum atomic E-state index is 12.7. The normalized spacial score (nSPS) is 12.1. The second kappa shape index (κ2) is 9.55. The van der Waals surface area contributed by atoms with Gasteiger partial charge in [0.05, 0.1) is 22.0 Å². The maximum Gasteiger partial charge on any atom is 0.233 e. The second-order valence-electron chi connectivity index (χ2n) is 6.70. The highest BCUT2D eigenvalue weighted by atomic mass is 32.2. The highest BCUT2D eigenvalue weighted by molar-refractivity contribution is 8.01. The average molecular weight is 456 g/mol. The zero-order valence-corrected chi connectivity index (χ0v) is 19.1. The predicted molar refractivity (Wildman–Crippen MR) is 125 cm³/mol. The number of carbonyl (C=O) groups excluding carboxylic acids is 1. The molecule has 1 N–H and O–H groups in total. The molecule has 0 spiro atoms. The number of hydrogen-bond donors (Lipinski definition) is 1. The van der Waals surface area contributed by atoms with E-state index in [9.17, 15) is 4.79 Å². The van der Waals surface area contributed by atoms with Crippen molar-refractivity contribution in [1.29, 1.82) is 0 Å². The molecule has 0 radical (unpaired) electrons. The van der Waals surface area contributed by atoms with Crippen LogP contribution < -0.4 is 5.32 Å². The Balaban J connectivity index is 1.30. The van der Waals surface area contributed by atoms with Crippen molar-refractivity contribution in [2.45, 2.75) is 23.8 Å². The summed E-state index contributed by atoms with van der Waals surface area (Å²) in [6, 6.07) is 18.1. The number of thiazole rings is 1.